The number of hydrogen-bond acceptors (Lipinski definition) is 4. The van der Waals surface area contributed by atoms with E-state index in [2.05, 4.69) is 10.3 Å². The van der Waals surface area contributed by atoms with Crippen molar-refractivity contribution in [3.05, 3.63) is 84.9 Å². The number of hydrogen-bond donors (Lipinski definition) is 0. The van der Waals surface area contributed by atoms with Crippen molar-refractivity contribution in [1.82, 2.24) is 29.8 Å². The van der Waals surface area contributed by atoms with Crippen LogP contribution in [0, 0.1) is 0 Å². The number of nitrogens with zero attached hydrogens (tertiary/aromatic N) is 6. The summed E-state index contributed by atoms with van der Waals surface area (Å²) in [6.45, 7) is 0. The summed E-state index contributed by atoms with van der Waals surface area (Å²) in [5, 5.41) is 13.2. The molecular formula is C20H14N6. The second-order valence-corrected chi connectivity index (χ2v) is 5.84. The summed E-state index contributed by atoms with van der Waals surface area (Å²) >= 11 is 0. The molecule has 0 N–H and O–H groups in total. The number of para-hydroxylation sites is 2. The summed E-state index contributed by atoms with van der Waals surface area (Å²) in [6.07, 6.45) is 0. The van der Waals surface area contributed by atoms with Gasteiger partial charge in [-0.1, -0.05) is 65.9 Å². The highest BCUT2D eigenvalue weighted by molar-refractivity contribution is 5.75. The van der Waals surface area contributed by atoms with E-state index in [-0.39, 0.29) is 0 Å². The van der Waals surface area contributed by atoms with Crippen molar-refractivity contribution in [2.75, 3.05) is 0 Å². The van der Waals surface area contributed by atoms with Crippen LogP contribution in [0.1, 0.15) is 0 Å². The molecule has 0 spiro atoms. The normalized spacial score (nSPS) is 11.1. The molecule has 6 heteroatoms. The molecule has 0 saturated heterocycles. The first kappa shape index (κ1) is 14.5. The fourth-order valence-electron chi connectivity index (χ4n) is 2.93. The molecule has 0 amide bonds. The lowest BCUT2D eigenvalue weighted by Crippen LogP contribution is -2.02. The summed E-state index contributed by atoms with van der Waals surface area (Å²) in [6, 6.07) is 27.7. The third-order valence-corrected chi connectivity index (χ3v) is 4.17. The Balaban J connectivity index is 1.75. The predicted molar refractivity (Wildman–Crippen MR) is 99.2 cm³/mol. The zero-order valence-electron chi connectivity index (χ0n) is 13.8. The lowest BCUT2D eigenvalue weighted by atomic mass is 10.2. The molecule has 2 heterocycles. The standard InChI is InChI=1S/C20H14N6/c1-3-9-15(10-4-1)19-21-20(23-25(19)16-11-5-2-6-12-16)26-18-14-8-7-13-17(18)22-24-26/h1-14H. The van der Waals surface area contributed by atoms with Gasteiger partial charge in [0.05, 0.1) is 11.2 Å². The summed E-state index contributed by atoms with van der Waals surface area (Å²) in [4.78, 5) is 4.76. The first-order valence-corrected chi connectivity index (χ1v) is 8.29. The molecule has 26 heavy (non-hydrogen) atoms. The van der Waals surface area contributed by atoms with E-state index in [0.717, 1.165) is 28.1 Å². The molecule has 5 aromatic rings. The van der Waals surface area contributed by atoms with Gasteiger partial charge in [0, 0.05) is 5.56 Å². The molecule has 3 aromatic carbocycles. The Bertz CT molecular complexity index is 1120. The second-order valence-electron chi connectivity index (χ2n) is 5.84. The van der Waals surface area contributed by atoms with Crippen LogP contribution in [-0.2, 0) is 0 Å². The Morgan fingerprint density at radius 2 is 1.35 bits per heavy atom. The lowest BCUT2D eigenvalue weighted by Gasteiger charge is -2.05. The molecule has 6 nitrogen and oxygen atoms in total. The molecular weight excluding hydrogens is 324 g/mol. The van der Waals surface area contributed by atoms with Crippen molar-refractivity contribution < 1.29 is 0 Å². The van der Waals surface area contributed by atoms with E-state index in [1.807, 2.05) is 89.6 Å². The number of aromatic nitrogens is 6. The monoisotopic (exact) mass is 338 g/mol. The molecule has 0 unspecified atom stereocenters. The SMILES string of the molecule is c1ccc(-c2nc(-n3nnc4ccccc43)nn2-c2ccccc2)cc1. The number of benzene rings is 3. The van der Waals surface area contributed by atoms with E-state index in [9.17, 15) is 0 Å². The minimum absolute atomic E-state index is 0.487. The minimum atomic E-state index is 0.487. The molecule has 0 fully saturated rings. The number of rotatable bonds is 3. The van der Waals surface area contributed by atoms with Gasteiger partial charge in [-0.3, -0.25) is 0 Å². The maximum Gasteiger partial charge on any atom is 0.272 e. The average Bonchev–Trinajstić information content (AvgIpc) is 3.34. The lowest BCUT2D eigenvalue weighted by molar-refractivity contribution is 0.761. The van der Waals surface area contributed by atoms with Gasteiger partial charge < -0.3 is 0 Å². The van der Waals surface area contributed by atoms with Crippen LogP contribution in [0.4, 0.5) is 0 Å². The van der Waals surface area contributed by atoms with Gasteiger partial charge >= 0.3 is 0 Å². The molecule has 0 aliphatic carbocycles. The van der Waals surface area contributed by atoms with Gasteiger partial charge in [0.2, 0.25) is 0 Å². The Morgan fingerprint density at radius 1 is 0.654 bits per heavy atom. The zero-order valence-corrected chi connectivity index (χ0v) is 13.8. The van der Waals surface area contributed by atoms with Crippen molar-refractivity contribution in [2.45, 2.75) is 0 Å². The van der Waals surface area contributed by atoms with Crippen LogP contribution in [0.15, 0.2) is 84.9 Å². The van der Waals surface area contributed by atoms with Crippen LogP contribution in [0.25, 0.3) is 34.1 Å². The fourth-order valence-corrected chi connectivity index (χ4v) is 2.93. The highest BCUT2D eigenvalue weighted by atomic mass is 15.5. The minimum Gasteiger partial charge on any atom is -0.211 e. The quantitative estimate of drug-likeness (QED) is 0.503. The molecule has 0 radical (unpaired) electrons. The highest BCUT2D eigenvalue weighted by Gasteiger charge is 2.17. The third kappa shape index (κ3) is 2.36. The first-order valence-electron chi connectivity index (χ1n) is 8.29. The third-order valence-electron chi connectivity index (χ3n) is 4.17. The van der Waals surface area contributed by atoms with E-state index in [1.165, 1.54) is 0 Å². The Kier molecular flexibility index (Phi) is 3.31. The van der Waals surface area contributed by atoms with E-state index in [0.29, 0.717) is 5.95 Å². The largest absolute Gasteiger partial charge is 0.272 e. The molecule has 0 aliphatic rings. The smallest absolute Gasteiger partial charge is 0.211 e. The summed E-state index contributed by atoms with van der Waals surface area (Å²) in [5.41, 5.74) is 3.61. The maximum absolute atomic E-state index is 4.76. The van der Waals surface area contributed by atoms with E-state index in [1.54, 1.807) is 4.68 Å². The Morgan fingerprint density at radius 3 is 2.15 bits per heavy atom. The van der Waals surface area contributed by atoms with Gasteiger partial charge in [-0.05, 0) is 24.3 Å². The summed E-state index contributed by atoms with van der Waals surface area (Å²) in [7, 11) is 0. The first-order chi connectivity index (χ1) is 12.9. The van der Waals surface area contributed by atoms with Crippen molar-refractivity contribution in [3.63, 3.8) is 0 Å². The van der Waals surface area contributed by atoms with Crippen molar-refractivity contribution in [3.8, 4) is 23.0 Å². The Hall–Kier alpha value is -3.80. The predicted octanol–water partition coefficient (Wildman–Crippen LogP) is 3.67. The number of fused-ring (bicyclic) bond motifs is 1. The zero-order chi connectivity index (χ0) is 17.3. The van der Waals surface area contributed by atoms with Crippen LogP contribution in [0.5, 0.6) is 0 Å². The van der Waals surface area contributed by atoms with Crippen molar-refractivity contribution >= 4 is 11.0 Å². The van der Waals surface area contributed by atoms with Crippen LogP contribution >= 0.6 is 0 Å². The van der Waals surface area contributed by atoms with Crippen LogP contribution in [0.2, 0.25) is 0 Å². The molecule has 5 rings (SSSR count). The van der Waals surface area contributed by atoms with Gasteiger partial charge in [-0.25, -0.2) is 4.68 Å². The van der Waals surface area contributed by atoms with Gasteiger partial charge in [0.25, 0.3) is 5.95 Å². The molecule has 0 saturated carbocycles. The van der Waals surface area contributed by atoms with Crippen molar-refractivity contribution in [2.24, 2.45) is 0 Å². The maximum atomic E-state index is 4.76. The topological polar surface area (TPSA) is 61.4 Å². The van der Waals surface area contributed by atoms with Crippen LogP contribution in [0.3, 0.4) is 0 Å². The van der Waals surface area contributed by atoms with Gasteiger partial charge in [-0.15, -0.1) is 10.2 Å². The molecule has 0 atom stereocenters. The summed E-state index contributed by atoms with van der Waals surface area (Å²) < 4.78 is 3.50. The van der Waals surface area contributed by atoms with E-state index >= 15 is 0 Å². The molecule has 2 aromatic heterocycles. The average molecular weight is 338 g/mol. The summed E-state index contributed by atoms with van der Waals surface area (Å²) in [5.74, 6) is 1.24. The highest BCUT2D eigenvalue weighted by Crippen LogP contribution is 2.23. The second kappa shape index (κ2) is 5.93. The van der Waals surface area contributed by atoms with E-state index < -0.39 is 0 Å². The fraction of sp³-hybridized carbons (Fsp3) is 0. The van der Waals surface area contributed by atoms with Gasteiger partial charge in [-0.2, -0.15) is 9.67 Å². The van der Waals surface area contributed by atoms with Gasteiger partial charge in [0.15, 0.2) is 5.82 Å². The Labute approximate surface area is 149 Å². The van der Waals surface area contributed by atoms with Crippen LogP contribution in [-0.4, -0.2) is 29.8 Å². The van der Waals surface area contributed by atoms with Crippen molar-refractivity contribution in [1.29, 1.82) is 0 Å². The molecule has 0 bridgehead atoms. The van der Waals surface area contributed by atoms with E-state index in [4.69, 9.17) is 10.1 Å². The molecule has 124 valence electrons. The molecule has 0 aliphatic heterocycles. The van der Waals surface area contributed by atoms with Gasteiger partial charge in [0.1, 0.15) is 5.52 Å². The van der Waals surface area contributed by atoms with Crippen LogP contribution < -0.4 is 0 Å².